The van der Waals surface area contributed by atoms with E-state index in [0.717, 1.165) is 15.0 Å². The molecule has 8 nitrogen and oxygen atoms in total. The average Bonchev–Trinajstić information content (AvgIpc) is 3.46. The number of H-pyrrole nitrogens is 1. The average molecular weight is 487 g/mol. The largest absolute Gasteiger partial charge is 0.338 e. The first-order valence-electron chi connectivity index (χ1n) is 8.40. The van der Waals surface area contributed by atoms with Gasteiger partial charge >= 0.3 is 0 Å². The van der Waals surface area contributed by atoms with E-state index in [-0.39, 0.29) is 5.56 Å². The maximum Gasteiger partial charge on any atom is 0.262 e. The zero-order valence-electron chi connectivity index (χ0n) is 14.6. The Labute approximate surface area is 180 Å². The SMILES string of the molecule is O=c1[nH]c(SCc2nc(-c3cc(Br)cs3)no2)nc2c1cnn2-c1ccccc1. The maximum atomic E-state index is 12.4. The summed E-state index contributed by atoms with van der Waals surface area (Å²) in [4.78, 5) is 25.1. The van der Waals surface area contributed by atoms with Crippen LogP contribution < -0.4 is 5.56 Å². The Morgan fingerprint density at radius 1 is 1.24 bits per heavy atom. The smallest absolute Gasteiger partial charge is 0.262 e. The quantitative estimate of drug-likeness (QED) is 0.292. The molecule has 4 heterocycles. The van der Waals surface area contributed by atoms with Crippen LogP contribution in [-0.2, 0) is 5.75 Å². The fourth-order valence-corrected chi connectivity index (χ4v) is 4.74. The summed E-state index contributed by atoms with van der Waals surface area (Å²) in [5.41, 5.74) is 1.09. The van der Waals surface area contributed by atoms with Gasteiger partial charge in [0.15, 0.2) is 10.8 Å². The molecule has 1 aromatic carbocycles. The Morgan fingerprint density at radius 3 is 2.90 bits per heavy atom. The summed E-state index contributed by atoms with van der Waals surface area (Å²) in [7, 11) is 0. The number of aromatic nitrogens is 6. The van der Waals surface area contributed by atoms with E-state index in [9.17, 15) is 4.79 Å². The van der Waals surface area contributed by atoms with Gasteiger partial charge in [-0.25, -0.2) is 9.67 Å². The molecule has 0 spiro atoms. The molecule has 0 aliphatic rings. The van der Waals surface area contributed by atoms with Gasteiger partial charge in [0.1, 0.15) is 5.39 Å². The lowest BCUT2D eigenvalue weighted by molar-refractivity contribution is 0.391. The van der Waals surface area contributed by atoms with E-state index < -0.39 is 0 Å². The molecule has 1 N–H and O–H groups in total. The molecular formula is C18H11BrN6O2S2. The number of thioether (sulfide) groups is 1. The summed E-state index contributed by atoms with van der Waals surface area (Å²) in [5, 5.41) is 11.2. The Kier molecular flexibility index (Phi) is 4.78. The molecule has 0 aliphatic heterocycles. The van der Waals surface area contributed by atoms with Crippen molar-refractivity contribution in [2.24, 2.45) is 0 Å². The summed E-state index contributed by atoms with van der Waals surface area (Å²) in [6.45, 7) is 0. The lowest BCUT2D eigenvalue weighted by atomic mass is 10.3. The number of hydrogen-bond acceptors (Lipinski definition) is 8. The molecule has 0 radical (unpaired) electrons. The minimum Gasteiger partial charge on any atom is -0.338 e. The third-order valence-corrected chi connectivity index (χ3v) is 6.55. The number of fused-ring (bicyclic) bond motifs is 1. The van der Waals surface area contributed by atoms with Crippen LogP contribution in [0.25, 0.3) is 27.4 Å². The number of aromatic amines is 1. The number of nitrogens with zero attached hydrogens (tertiary/aromatic N) is 5. The molecule has 5 aromatic rings. The predicted molar refractivity (Wildman–Crippen MR) is 114 cm³/mol. The molecule has 4 aromatic heterocycles. The van der Waals surface area contributed by atoms with Crippen LogP contribution >= 0.6 is 39.0 Å². The standard InChI is InChI=1S/C18H11BrN6O2S2/c19-10-6-13(28-8-10)15-21-14(27-24-15)9-29-18-22-16-12(17(26)23-18)7-20-25(16)11-4-2-1-3-5-11/h1-8H,9H2,(H,22,23,26). The van der Waals surface area contributed by atoms with Crippen LogP contribution in [-0.4, -0.2) is 29.9 Å². The molecule has 0 fully saturated rings. The van der Waals surface area contributed by atoms with Crippen molar-refractivity contribution in [2.45, 2.75) is 10.9 Å². The van der Waals surface area contributed by atoms with Crippen LogP contribution in [0.3, 0.4) is 0 Å². The van der Waals surface area contributed by atoms with Crippen molar-refractivity contribution < 1.29 is 4.52 Å². The normalized spacial score (nSPS) is 11.3. The third kappa shape index (κ3) is 3.63. The molecular weight excluding hydrogens is 476 g/mol. The van der Waals surface area contributed by atoms with Gasteiger partial charge in [-0.05, 0) is 34.1 Å². The van der Waals surface area contributed by atoms with Gasteiger partial charge in [-0.3, -0.25) is 4.79 Å². The first-order chi connectivity index (χ1) is 14.2. The zero-order valence-corrected chi connectivity index (χ0v) is 17.8. The third-order valence-electron chi connectivity index (χ3n) is 4.01. The highest BCUT2D eigenvalue weighted by atomic mass is 79.9. The maximum absolute atomic E-state index is 12.4. The molecule has 144 valence electrons. The molecule has 0 saturated heterocycles. The number of halogens is 1. The van der Waals surface area contributed by atoms with E-state index in [1.165, 1.54) is 29.3 Å². The van der Waals surface area contributed by atoms with Crippen LogP contribution in [0.15, 0.2) is 66.9 Å². The summed E-state index contributed by atoms with van der Waals surface area (Å²) >= 11 is 6.25. The van der Waals surface area contributed by atoms with Crippen molar-refractivity contribution in [2.75, 3.05) is 0 Å². The van der Waals surface area contributed by atoms with E-state index >= 15 is 0 Å². The van der Waals surface area contributed by atoms with Crippen molar-refractivity contribution in [1.82, 2.24) is 29.9 Å². The van der Waals surface area contributed by atoms with Crippen molar-refractivity contribution in [1.29, 1.82) is 0 Å². The highest BCUT2D eigenvalue weighted by molar-refractivity contribution is 9.10. The van der Waals surface area contributed by atoms with Crippen molar-refractivity contribution in [3.8, 4) is 16.4 Å². The summed E-state index contributed by atoms with van der Waals surface area (Å²) in [6.07, 6.45) is 1.52. The van der Waals surface area contributed by atoms with Crippen LogP contribution in [0.2, 0.25) is 0 Å². The minimum absolute atomic E-state index is 0.241. The second-order valence-electron chi connectivity index (χ2n) is 5.93. The van der Waals surface area contributed by atoms with Crippen LogP contribution in [0.4, 0.5) is 0 Å². The highest BCUT2D eigenvalue weighted by Gasteiger charge is 2.14. The molecule has 0 atom stereocenters. The van der Waals surface area contributed by atoms with Gasteiger partial charge < -0.3 is 9.51 Å². The summed E-state index contributed by atoms with van der Waals surface area (Å²) in [5.74, 6) is 1.37. The number of hydrogen-bond donors (Lipinski definition) is 1. The van der Waals surface area contributed by atoms with Gasteiger partial charge in [0.05, 0.1) is 22.5 Å². The van der Waals surface area contributed by atoms with Gasteiger partial charge in [0, 0.05) is 9.85 Å². The lowest BCUT2D eigenvalue weighted by Gasteiger charge is -2.03. The predicted octanol–water partition coefficient (Wildman–Crippen LogP) is 4.28. The van der Waals surface area contributed by atoms with E-state index in [2.05, 4.69) is 41.1 Å². The molecule has 0 bridgehead atoms. The second kappa shape index (κ2) is 7.58. The second-order valence-corrected chi connectivity index (χ2v) is 8.72. The number of para-hydroxylation sites is 1. The van der Waals surface area contributed by atoms with E-state index in [0.29, 0.717) is 33.7 Å². The fraction of sp³-hybridized carbons (Fsp3) is 0.0556. The minimum atomic E-state index is -0.241. The van der Waals surface area contributed by atoms with Gasteiger partial charge in [0.2, 0.25) is 11.7 Å². The van der Waals surface area contributed by atoms with Gasteiger partial charge in [-0.2, -0.15) is 10.1 Å². The summed E-state index contributed by atoms with van der Waals surface area (Å²) < 4.78 is 7.94. The summed E-state index contributed by atoms with van der Waals surface area (Å²) in [6, 6.07) is 11.5. The number of thiophene rings is 1. The molecule has 0 amide bonds. The number of rotatable bonds is 5. The van der Waals surface area contributed by atoms with E-state index in [1.54, 1.807) is 4.68 Å². The van der Waals surface area contributed by atoms with Crippen LogP contribution in [0.1, 0.15) is 5.89 Å². The Morgan fingerprint density at radius 2 is 2.10 bits per heavy atom. The topological polar surface area (TPSA) is 102 Å². The van der Waals surface area contributed by atoms with Gasteiger partial charge in [-0.1, -0.05) is 35.1 Å². The van der Waals surface area contributed by atoms with Crippen LogP contribution in [0.5, 0.6) is 0 Å². The molecule has 11 heteroatoms. The van der Waals surface area contributed by atoms with Crippen molar-refractivity contribution in [3.05, 3.63) is 68.7 Å². The van der Waals surface area contributed by atoms with Crippen LogP contribution in [0, 0.1) is 0 Å². The first-order valence-corrected chi connectivity index (χ1v) is 11.1. The monoisotopic (exact) mass is 486 g/mol. The Balaban J connectivity index is 1.41. The lowest BCUT2D eigenvalue weighted by Crippen LogP contribution is -2.09. The Hall–Kier alpha value is -2.76. The van der Waals surface area contributed by atoms with Gasteiger partial charge in [0.25, 0.3) is 5.56 Å². The fourth-order valence-electron chi connectivity index (χ4n) is 2.70. The Bertz CT molecular complexity index is 1360. The molecule has 0 saturated carbocycles. The van der Waals surface area contributed by atoms with E-state index in [4.69, 9.17) is 4.52 Å². The zero-order chi connectivity index (χ0) is 19.8. The molecule has 0 aliphatic carbocycles. The first kappa shape index (κ1) is 18.3. The highest BCUT2D eigenvalue weighted by Crippen LogP contribution is 2.28. The molecule has 29 heavy (non-hydrogen) atoms. The molecule has 5 rings (SSSR count). The van der Waals surface area contributed by atoms with Gasteiger partial charge in [-0.15, -0.1) is 11.3 Å². The van der Waals surface area contributed by atoms with Crippen molar-refractivity contribution in [3.63, 3.8) is 0 Å². The van der Waals surface area contributed by atoms with E-state index in [1.807, 2.05) is 41.8 Å². The molecule has 0 unspecified atom stereocenters. The number of benzene rings is 1. The number of nitrogens with one attached hydrogen (secondary N) is 1. The van der Waals surface area contributed by atoms with Crippen molar-refractivity contribution >= 4 is 50.1 Å².